The molecule has 8 heteroatoms. The highest BCUT2D eigenvalue weighted by Gasteiger charge is 2.15. The SMILES string of the molecule is CN=C(NCCCOC1CCOC1)NCc1cccc(C(=O)NCc2ccco2)c1. The normalized spacial score (nSPS) is 16.4. The minimum atomic E-state index is -0.136. The molecule has 1 unspecified atom stereocenters. The number of hydrogen-bond donors (Lipinski definition) is 3. The average Bonchev–Trinajstić information content (AvgIpc) is 3.48. The Morgan fingerprint density at radius 2 is 2.13 bits per heavy atom. The van der Waals surface area contributed by atoms with Crippen LogP contribution < -0.4 is 16.0 Å². The first-order chi connectivity index (χ1) is 14.7. The number of ether oxygens (including phenoxy) is 2. The van der Waals surface area contributed by atoms with Gasteiger partial charge in [0.15, 0.2) is 5.96 Å². The van der Waals surface area contributed by atoms with E-state index in [0.717, 1.165) is 37.3 Å². The fraction of sp³-hybridized carbons (Fsp3) is 0.455. The number of hydrogen-bond acceptors (Lipinski definition) is 5. The Morgan fingerprint density at radius 1 is 1.20 bits per heavy atom. The first-order valence-corrected chi connectivity index (χ1v) is 10.3. The van der Waals surface area contributed by atoms with Crippen molar-refractivity contribution in [1.82, 2.24) is 16.0 Å². The van der Waals surface area contributed by atoms with Crippen LogP contribution in [0.15, 0.2) is 52.1 Å². The molecule has 1 atom stereocenters. The molecule has 1 aromatic carbocycles. The smallest absolute Gasteiger partial charge is 0.251 e. The second-order valence-electron chi connectivity index (χ2n) is 7.02. The van der Waals surface area contributed by atoms with E-state index in [0.29, 0.717) is 37.8 Å². The van der Waals surface area contributed by atoms with Crippen LogP contribution >= 0.6 is 0 Å². The van der Waals surface area contributed by atoms with Crippen LogP contribution in [-0.4, -0.2) is 51.4 Å². The van der Waals surface area contributed by atoms with Crippen LogP contribution in [0.5, 0.6) is 0 Å². The number of furan rings is 1. The van der Waals surface area contributed by atoms with Gasteiger partial charge in [0.05, 0.1) is 25.5 Å². The number of benzene rings is 1. The highest BCUT2D eigenvalue weighted by atomic mass is 16.5. The van der Waals surface area contributed by atoms with E-state index in [1.54, 1.807) is 25.4 Å². The van der Waals surface area contributed by atoms with E-state index in [4.69, 9.17) is 13.9 Å². The minimum absolute atomic E-state index is 0.136. The van der Waals surface area contributed by atoms with E-state index in [-0.39, 0.29) is 12.0 Å². The fourth-order valence-electron chi connectivity index (χ4n) is 3.08. The summed E-state index contributed by atoms with van der Waals surface area (Å²) in [6.07, 6.45) is 3.71. The summed E-state index contributed by atoms with van der Waals surface area (Å²) in [5, 5.41) is 9.40. The zero-order valence-corrected chi connectivity index (χ0v) is 17.4. The van der Waals surface area contributed by atoms with Crippen molar-refractivity contribution in [1.29, 1.82) is 0 Å². The Labute approximate surface area is 177 Å². The minimum Gasteiger partial charge on any atom is -0.467 e. The number of carbonyl (C=O) groups is 1. The lowest BCUT2D eigenvalue weighted by atomic mass is 10.1. The second kappa shape index (κ2) is 12.0. The molecule has 0 bridgehead atoms. The molecule has 1 aromatic heterocycles. The van der Waals surface area contributed by atoms with E-state index in [9.17, 15) is 4.79 Å². The molecule has 162 valence electrons. The van der Waals surface area contributed by atoms with E-state index in [1.807, 2.05) is 24.3 Å². The fourth-order valence-corrected chi connectivity index (χ4v) is 3.08. The predicted molar refractivity (Wildman–Crippen MR) is 114 cm³/mol. The quantitative estimate of drug-likeness (QED) is 0.313. The Balaban J connectivity index is 1.37. The van der Waals surface area contributed by atoms with Crippen molar-refractivity contribution in [3.8, 4) is 0 Å². The van der Waals surface area contributed by atoms with E-state index < -0.39 is 0 Å². The molecule has 1 aliphatic heterocycles. The molecule has 3 rings (SSSR count). The molecule has 1 aliphatic rings. The lowest BCUT2D eigenvalue weighted by Crippen LogP contribution is -2.37. The van der Waals surface area contributed by atoms with Gasteiger partial charge in [0, 0.05) is 38.9 Å². The Hall–Kier alpha value is -2.84. The molecule has 0 aliphatic carbocycles. The van der Waals surface area contributed by atoms with Crippen molar-refractivity contribution < 1.29 is 18.7 Å². The van der Waals surface area contributed by atoms with Crippen LogP contribution in [0.25, 0.3) is 0 Å². The summed E-state index contributed by atoms with van der Waals surface area (Å²) in [6, 6.07) is 11.1. The zero-order chi connectivity index (χ0) is 21.0. The maximum absolute atomic E-state index is 12.4. The lowest BCUT2D eigenvalue weighted by molar-refractivity contribution is 0.0420. The van der Waals surface area contributed by atoms with Gasteiger partial charge in [-0.25, -0.2) is 0 Å². The number of guanidine groups is 1. The number of rotatable bonds is 10. The van der Waals surface area contributed by atoms with Gasteiger partial charge >= 0.3 is 0 Å². The Kier molecular flexibility index (Phi) is 8.74. The van der Waals surface area contributed by atoms with Gasteiger partial charge in [0.2, 0.25) is 0 Å². The second-order valence-corrected chi connectivity index (χ2v) is 7.02. The third-order valence-corrected chi connectivity index (χ3v) is 4.73. The first-order valence-electron chi connectivity index (χ1n) is 10.3. The van der Waals surface area contributed by atoms with Crippen LogP contribution in [0.3, 0.4) is 0 Å². The summed E-state index contributed by atoms with van der Waals surface area (Å²) in [5.74, 6) is 1.30. The summed E-state index contributed by atoms with van der Waals surface area (Å²) < 4.78 is 16.3. The van der Waals surface area contributed by atoms with Crippen molar-refractivity contribution in [3.05, 3.63) is 59.5 Å². The summed E-state index contributed by atoms with van der Waals surface area (Å²) in [6.45, 7) is 3.90. The van der Waals surface area contributed by atoms with E-state index >= 15 is 0 Å². The lowest BCUT2D eigenvalue weighted by Gasteiger charge is -2.13. The molecule has 3 N–H and O–H groups in total. The Bertz CT molecular complexity index is 801. The summed E-state index contributed by atoms with van der Waals surface area (Å²) in [7, 11) is 1.74. The molecule has 0 saturated carbocycles. The van der Waals surface area contributed by atoms with Crippen molar-refractivity contribution in [2.75, 3.05) is 33.4 Å². The van der Waals surface area contributed by atoms with Crippen LogP contribution in [0.4, 0.5) is 0 Å². The number of carbonyl (C=O) groups excluding carboxylic acids is 1. The molecule has 1 saturated heterocycles. The van der Waals surface area contributed by atoms with E-state index in [1.165, 1.54) is 0 Å². The van der Waals surface area contributed by atoms with Gasteiger partial charge in [0.1, 0.15) is 5.76 Å². The van der Waals surface area contributed by atoms with E-state index in [2.05, 4.69) is 20.9 Å². The highest BCUT2D eigenvalue weighted by molar-refractivity contribution is 5.94. The number of amides is 1. The van der Waals surface area contributed by atoms with Crippen molar-refractivity contribution in [2.45, 2.75) is 32.0 Å². The molecule has 30 heavy (non-hydrogen) atoms. The molecule has 2 heterocycles. The van der Waals surface area contributed by atoms with Gasteiger partial charge in [-0.3, -0.25) is 9.79 Å². The van der Waals surface area contributed by atoms with Crippen molar-refractivity contribution in [2.24, 2.45) is 4.99 Å². The Morgan fingerprint density at radius 3 is 2.90 bits per heavy atom. The molecule has 1 amide bonds. The van der Waals surface area contributed by atoms with Gasteiger partial charge in [0.25, 0.3) is 5.91 Å². The van der Waals surface area contributed by atoms with Crippen LogP contribution in [-0.2, 0) is 22.6 Å². The largest absolute Gasteiger partial charge is 0.467 e. The molecule has 0 spiro atoms. The number of nitrogens with one attached hydrogen (secondary N) is 3. The summed E-state index contributed by atoms with van der Waals surface area (Å²) >= 11 is 0. The third-order valence-electron chi connectivity index (χ3n) is 4.73. The highest BCUT2D eigenvalue weighted by Crippen LogP contribution is 2.08. The average molecular weight is 415 g/mol. The van der Waals surface area contributed by atoms with Crippen LogP contribution in [0.2, 0.25) is 0 Å². The zero-order valence-electron chi connectivity index (χ0n) is 17.4. The van der Waals surface area contributed by atoms with Gasteiger partial charge < -0.3 is 29.8 Å². The topological polar surface area (TPSA) is 97.1 Å². The molecular formula is C22H30N4O4. The molecule has 0 radical (unpaired) electrons. The molecule has 8 nitrogen and oxygen atoms in total. The first kappa shape index (κ1) is 21.9. The summed E-state index contributed by atoms with van der Waals surface area (Å²) in [4.78, 5) is 16.6. The van der Waals surface area contributed by atoms with Gasteiger partial charge in [-0.05, 0) is 42.7 Å². The standard InChI is InChI=1S/C22H30N4O4/c1-23-22(24-9-4-11-30-20-8-12-28-16-20)26-14-17-5-2-6-18(13-17)21(27)25-15-19-7-3-10-29-19/h2-3,5-7,10,13,20H,4,8-9,11-12,14-16H2,1H3,(H,25,27)(H2,23,24,26). The van der Waals surface area contributed by atoms with Crippen molar-refractivity contribution in [3.63, 3.8) is 0 Å². The number of nitrogens with zero attached hydrogens (tertiary/aromatic N) is 1. The van der Waals surface area contributed by atoms with Crippen LogP contribution in [0.1, 0.15) is 34.5 Å². The van der Waals surface area contributed by atoms with Crippen molar-refractivity contribution >= 4 is 11.9 Å². The molecule has 1 fully saturated rings. The monoisotopic (exact) mass is 414 g/mol. The van der Waals surface area contributed by atoms with Gasteiger partial charge in [-0.1, -0.05) is 12.1 Å². The van der Waals surface area contributed by atoms with Gasteiger partial charge in [-0.2, -0.15) is 0 Å². The predicted octanol–water partition coefficient (Wildman–Crippen LogP) is 2.07. The summed E-state index contributed by atoms with van der Waals surface area (Å²) in [5.41, 5.74) is 1.60. The maximum atomic E-state index is 12.4. The molecule has 2 aromatic rings. The number of aliphatic imine (C=N–C) groups is 1. The molecular weight excluding hydrogens is 384 g/mol. The van der Waals surface area contributed by atoms with Gasteiger partial charge in [-0.15, -0.1) is 0 Å². The third kappa shape index (κ3) is 7.20. The maximum Gasteiger partial charge on any atom is 0.251 e. The van der Waals surface area contributed by atoms with Crippen LogP contribution in [0, 0.1) is 0 Å².